The largest absolute Gasteiger partial charge is 0.480 e. The highest BCUT2D eigenvalue weighted by Crippen LogP contribution is 2.30. The summed E-state index contributed by atoms with van der Waals surface area (Å²) in [6.45, 7) is 0. The fraction of sp³-hybridized carbons (Fsp3) is 0.500. The van der Waals surface area contributed by atoms with Crippen LogP contribution in [0.15, 0.2) is 12.4 Å². The first-order chi connectivity index (χ1) is 7.48. The van der Waals surface area contributed by atoms with Gasteiger partial charge in [0.15, 0.2) is 0 Å². The van der Waals surface area contributed by atoms with Crippen molar-refractivity contribution in [3.63, 3.8) is 0 Å². The molecule has 0 aromatic carbocycles. The Morgan fingerprint density at radius 3 is 2.56 bits per heavy atom. The minimum Gasteiger partial charge on any atom is -0.480 e. The number of hydrogen-bond donors (Lipinski definition) is 2. The van der Waals surface area contributed by atoms with Crippen LogP contribution in [-0.2, 0) is 0 Å². The van der Waals surface area contributed by atoms with Crippen LogP contribution in [0.4, 0.5) is 13.2 Å². The van der Waals surface area contributed by atoms with Gasteiger partial charge >= 0.3 is 6.18 Å². The summed E-state index contributed by atoms with van der Waals surface area (Å²) in [7, 11) is 1.30. The third-order valence-corrected chi connectivity index (χ3v) is 1.85. The van der Waals surface area contributed by atoms with Crippen LogP contribution in [0.5, 0.6) is 5.88 Å². The van der Waals surface area contributed by atoms with Crippen LogP contribution in [0.2, 0.25) is 0 Å². The molecule has 5 nitrogen and oxygen atoms in total. The summed E-state index contributed by atoms with van der Waals surface area (Å²) in [6, 6.07) is -1.18. The van der Waals surface area contributed by atoms with E-state index in [9.17, 15) is 13.2 Å². The average Bonchev–Trinajstić information content (AvgIpc) is 2.24. The standard InChI is InChI=1S/C8H11F3N4O/c1-16-7-6(13-2-3-14-7)5(15-12)4-8(9,10)11/h2-3,5,15H,4,12H2,1H3. The van der Waals surface area contributed by atoms with Crippen molar-refractivity contribution in [2.75, 3.05) is 7.11 Å². The third kappa shape index (κ3) is 3.31. The first-order valence-electron chi connectivity index (χ1n) is 4.35. The minimum absolute atomic E-state index is 0.0229. The number of halogens is 3. The van der Waals surface area contributed by atoms with Crippen LogP contribution in [0.1, 0.15) is 18.2 Å². The number of nitrogens with zero attached hydrogens (tertiary/aromatic N) is 2. The molecule has 0 amide bonds. The number of aromatic nitrogens is 2. The molecular formula is C8H11F3N4O. The average molecular weight is 236 g/mol. The van der Waals surface area contributed by atoms with Crippen LogP contribution in [0.3, 0.4) is 0 Å². The van der Waals surface area contributed by atoms with Gasteiger partial charge in [0.2, 0.25) is 5.88 Å². The van der Waals surface area contributed by atoms with Gasteiger partial charge in [-0.15, -0.1) is 0 Å². The van der Waals surface area contributed by atoms with E-state index in [4.69, 9.17) is 10.6 Å². The van der Waals surface area contributed by atoms with Gasteiger partial charge in [-0.3, -0.25) is 16.3 Å². The minimum atomic E-state index is -4.35. The van der Waals surface area contributed by atoms with E-state index in [0.29, 0.717) is 0 Å². The Morgan fingerprint density at radius 1 is 1.44 bits per heavy atom. The van der Waals surface area contributed by atoms with Crippen LogP contribution < -0.4 is 16.0 Å². The molecule has 0 bridgehead atoms. The third-order valence-electron chi connectivity index (χ3n) is 1.85. The Hall–Kier alpha value is -1.41. The topological polar surface area (TPSA) is 73.1 Å². The zero-order valence-corrected chi connectivity index (χ0v) is 8.45. The second-order valence-corrected chi connectivity index (χ2v) is 2.99. The van der Waals surface area contributed by atoms with E-state index in [0.717, 1.165) is 0 Å². The molecule has 1 atom stereocenters. The summed E-state index contributed by atoms with van der Waals surface area (Å²) >= 11 is 0. The lowest BCUT2D eigenvalue weighted by Crippen LogP contribution is -2.32. The maximum atomic E-state index is 12.2. The van der Waals surface area contributed by atoms with Crippen molar-refractivity contribution in [1.82, 2.24) is 15.4 Å². The van der Waals surface area contributed by atoms with Gasteiger partial charge in [-0.1, -0.05) is 0 Å². The van der Waals surface area contributed by atoms with Crippen LogP contribution >= 0.6 is 0 Å². The second-order valence-electron chi connectivity index (χ2n) is 2.99. The number of hydrazine groups is 1. The molecule has 0 aliphatic carbocycles. The Kier molecular flexibility index (Phi) is 4.02. The molecule has 0 fully saturated rings. The van der Waals surface area contributed by atoms with Gasteiger partial charge in [-0.25, -0.2) is 4.98 Å². The molecule has 0 spiro atoms. The van der Waals surface area contributed by atoms with Gasteiger partial charge < -0.3 is 4.74 Å². The highest BCUT2D eigenvalue weighted by molar-refractivity contribution is 5.21. The lowest BCUT2D eigenvalue weighted by molar-refractivity contribution is -0.140. The molecule has 0 saturated carbocycles. The molecule has 1 unspecified atom stereocenters. The fourth-order valence-corrected chi connectivity index (χ4v) is 1.20. The Morgan fingerprint density at radius 2 is 2.06 bits per heavy atom. The van der Waals surface area contributed by atoms with Crippen molar-refractivity contribution in [3.8, 4) is 5.88 Å². The SMILES string of the molecule is COc1nccnc1C(CC(F)(F)F)NN. The van der Waals surface area contributed by atoms with Crippen LogP contribution in [0, 0.1) is 0 Å². The molecule has 0 radical (unpaired) electrons. The van der Waals surface area contributed by atoms with E-state index >= 15 is 0 Å². The van der Waals surface area contributed by atoms with Crippen LogP contribution in [0.25, 0.3) is 0 Å². The number of methoxy groups -OCH3 is 1. The Bertz CT molecular complexity index is 344. The maximum Gasteiger partial charge on any atom is 0.391 e. The van der Waals surface area contributed by atoms with Crippen molar-refractivity contribution in [3.05, 3.63) is 18.1 Å². The number of nitrogens with one attached hydrogen (secondary N) is 1. The number of alkyl halides is 3. The quantitative estimate of drug-likeness (QED) is 0.601. The van der Waals surface area contributed by atoms with Gasteiger partial charge in [-0.05, 0) is 0 Å². The summed E-state index contributed by atoms with van der Waals surface area (Å²) < 4.78 is 41.5. The van der Waals surface area contributed by atoms with Crippen molar-refractivity contribution in [1.29, 1.82) is 0 Å². The van der Waals surface area contributed by atoms with E-state index in [2.05, 4.69) is 9.97 Å². The van der Waals surface area contributed by atoms with Crippen molar-refractivity contribution < 1.29 is 17.9 Å². The van der Waals surface area contributed by atoms with Crippen molar-refractivity contribution >= 4 is 0 Å². The first kappa shape index (κ1) is 12.7. The molecule has 8 heteroatoms. The number of ether oxygens (including phenoxy) is 1. The van der Waals surface area contributed by atoms with Crippen molar-refractivity contribution in [2.24, 2.45) is 5.84 Å². The molecule has 16 heavy (non-hydrogen) atoms. The molecule has 3 N–H and O–H groups in total. The maximum absolute atomic E-state index is 12.2. The summed E-state index contributed by atoms with van der Waals surface area (Å²) in [5.74, 6) is 5.09. The Balaban J connectivity index is 2.94. The fourth-order valence-electron chi connectivity index (χ4n) is 1.20. The summed E-state index contributed by atoms with van der Waals surface area (Å²) in [4.78, 5) is 7.52. The molecule has 90 valence electrons. The molecule has 1 aromatic rings. The lowest BCUT2D eigenvalue weighted by Gasteiger charge is -2.18. The van der Waals surface area contributed by atoms with Crippen LogP contribution in [-0.4, -0.2) is 23.3 Å². The molecule has 1 aromatic heterocycles. The summed E-state index contributed by atoms with van der Waals surface area (Å²) in [5, 5.41) is 0. The van der Waals surface area contributed by atoms with E-state index in [1.165, 1.54) is 19.5 Å². The number of nitrogens with two attached hydrogens (primary N) is 1. The monoisotopic (exact) mass is 236 g/mol. The van der Waals surface area contributed by atoms with Crippen molar-refractivity contribution in [2.45, 2.75) is 18.6 Å². The molecule has 0 aliphatic heterocycles. The molecule has 1 rings (SSSR count). The Labute approximate surface area is 89.8 Å². The first-order valence-corrected chi connectivity index (χ1v) is 4.35. The summed E-state index contributed by atoms with van der Waals surface area (Å²) in [5.41, 5.74) is 2.08. The van der Waals surface area contributed by atoms with E-state index in [1.54, 1.807) is 0 Å². The summed E-state index contributed by atoms with van der Waals surface area (Å²) in [6.07, 6.45) is -2.89. The zero-order valence-electron chi connectivity index (χ0n) is 8.45. The highest BCUT2D eigenvalue weighted by Gasteiger charge is 2.34. The zero-order chi connectivity index (χ0) is 12.2. The molecule has 1 heterocycles. The number of rotatable bonds is 4. The van der Waals surface area contributed by atoms with Gasteiger partial charge in [0.05, 0.1) is 19.6 Å². The van der Waals surface area contributed by atoms with Gasteiger partial charge in [0.1, 0.15) is 5.69 Å². The second kappa shape index (κ2) is 5.08. The highest BCUT2D eigenvalue weighted by atomic mass is 19.4. The van der Waals surface area contributed by atoms with Gasteiger partial charge in [0.25, 0.3) is 0 Å². The van der Waals surface area contributed by atoms with Gasteiger partial charge in [-0.2, -0.15) is 13.2 Å². The predicted octanol–water partition coefficient (Wildman–Crippen LogP) is 0.942. The smallest absolute Gasteiger partial charge is 0.391 e. The molecular weight excluding hydrogens is 225 g/mol. The lowest BCUT2D eigenvalue weighted by atomic mass is 10.1. The van der Waals surface area contributed by atoms with Gasteiger partial charge in [0, 0.05) is 12.4 Å². The predicted molar refractivity (Wildman–Crippen MR) is 49.3 cm³/mol. The van der Waals surface area contributed by atoms with E-state index < -0.39 is 18.6 Å². The van der Waals surface area contributed by atoms with E-state index in [1.807, 2.05) is 5.43 Å². The molecule has 0 saturated heterocycles. The molecule has 0 aliphatic rings. The normalized spacial score (nSPS) is 13.6. The number of hydrogen-bond acceptors (Lipinski definition) is 5. The van der Waals surface area contributed by atoms with E-state index in [-0.39, 0.29) is 11.6 Å².